The molecule has 6 nitrogen and oxygen atoms in total. The van der Waals surface area contributed by atoms with E-state index in [9.17, 15) is 14.4 Å². The molecule has 0 aliphatic rings. The van der Waals surface area contributed by atoms with E-state index in [0.29, 0.717) is 19.3 Å². The SMILES string of the molecule is CCCCCCCCCCCCCCCCCC(=O)OC[C@H](COC(=O)CCCCCCC)OC(=O)CCCCCCCCC. The largest absolute Gasteiger partial charge is 0.462 e. The van der Waals surface area contributed by atoms with Gasteiger partial charge in [0.15, 0.2) is 6.10 Å². The highest BCUT2D eigenvalue weighted by molar-refractivity contribution is 5.71. The predicted octanol–water partition coefficient (Wildman–Crippen LogP) is 11.7. The van der Waals surface area contributed by atoms with Gasteiger partial charge in [-0.3, -0.25) is 14.4 Å². The first kappa shape index (κ1) is 43.4. The van der Waals surface area contributed by atoms with Crippen LogP contribution in [0.15, 0.2) is 0 Å². The molecule has 0 saturated carbocycles. The third-order valence-corrected chi connectivity index (χ3v) is 8.61. The van der Waals surface area contributed by atoms with E-state index < -0.39 is 6.10 Å². The van der Waals surface area contributed by atoms with Crippen molar-refractivity contribution in [2.75, 3.05) is 13.2 Å². The molecule has 0 N–H and O–H groups in total. The van der Waals surface area contributed by atoms with Crippen molar-refractivity contribution in [2.24, 2.45) is 0 Å². The Hall–Kier alpha value is -1.59. The van der Waals surface area contributed by atoms with Crippen LogP contribution >= 0.6 is 0 Å². The van der Waals surface area contributed by atoms with Crippen LogP contribution in [-0.4, -0.2) is 37.2 Å². The first-order valence-corrected chi connectivity index (χ1v) is 19.5. The quantitative estimate of drug-likeness (QED) is 0.0390. The molecule has 0 aliphatic carbocycles. The van der Waals surface area contributed by atoms with Crippen LogP contribution in [0, 0.1) is 0 Å². The Morgan fingerprint density at radius 3 is 0.889 bits per heavy atom. The number of esters is 3. The highest BCUT2D eigenvalue weighted by Gasteiger charge is 2.19. The molecule has 0 radical (unpaired) electrons. The molecule has 0 aromatic carbocycles. The van der Waals surface area contributed by atoms with Crippen LogP contribution in [0.4, 0.5) is 0 Å². The summed E-state index contributed by atoms with van der Waals surface area (Å²) in [6, 6.07) is 0. The zero-order valence-electron chi connectivity index (χ0n) is 30.2. The number of carbonyl (C=O) groups excluding carboxylic acids is 3. The molecular weight excluding hydrogens is 564 g/mol. The highest BCUT2D eigenvalue weighted by Crippen LogP contribution is 2.15. The van der Waals surface area contributed by atoms with Crippen molar-refractivity contribution in [3.05, 3.63) is 0 Å². The molecular formula is C39H74O6. The van der Waals surface area contributed by atoms with E-state index in [4.69, 9.17) is 14.2 Å². The summed E-state index contributed by atoms with van der Waals surface area (Å²) in [4.78, 5) is 37.1. The fraction of sp³-hybridized carbons (Fsp3) is 0.923. The molecule has 0 amide bonds. The molecule has 0 rings (SSSR count). The lowest BCUT2D eigenvalue weighted by molar-refractivity contribution is -0.167. The number of rotatable bonds is 35. The third kappa shape index (κ3) is 33.6. The summed E-state index contributed by atoms with van der Waals surface area (Å²) in [6.07, 6.45) is 32.7. The van der Waals surface area contributed by atoms with Gasteiger partial charge in [-0.15, -0.1) is 0 Å². The average Bonchev–Trinajstić information content (AvgIpc) is 3.03. The van der Waals surface area contributed by atoms with Gasteiger partial charge in [-0.2, -0.15) is 0 Å². The minimum Gasteiger partial charge on any atom is -0.462 e. The van der Waals surface area contributed by atoms with Crippen LogP contribution in [0.5, 0.6) is 0 Å². The molecule has 0 heterocycles. The molecule has 0 bridgehead atoms. The summed E-state index contributed by atoms with van der Waals surface area (Å²) in [5.41, 5.74) is 0. The van der Waals surface area contributed by atoms with Gasteiger partial charge in [-0.1, -0.05) is 175 Å². The van der Waals surface area contributed by atoms with E-state index in [1.165, 1.54) is 109 Å². The lowest BCUT2D eigenvalue weighted by atomic mass is 10.0. The number of unbranched alkanes of at least 4 members (excludes halogenated alkanes) is 24. The summed E-state index contributed by atoms with van der Waals surface area (Å²) >= 11 is 0. The number of hydrogen-bond donors (Lipinski definition) is 0. The summed E-state index contributed by atoms with van der Waals surface area (Å²) < 4.78 is 16.5. The van der Waals surface area contributed by atoms with Gasteiger partial charge in [0.1, 0.15) is 13.2 Å². The first-order valence-electron chi connectivity index (χ1n) is 19.5. The van der Waals surface area contributed by atoms with Gasteiger partial charge in [0.25, 0.3) is 0 Å². The second kappa shape index (κ2) is 35.3. The maximum atomic E-state index is 12.5. The van der Waals surface area contributed by atoms with Crippen molar-refractivity contribution < 1.29 is 28.6 Å². The minimum atomic E-state index is -0.754. The summed E-state index contributed by atoms with van der Waals surface area (Å²) in [6.45, 7) is 6.50. The van der Waals surface area contributed by atoms with Crippen molar-refractivity contribution in [2.45, 2.75) is 219 Å². The topological polar surface area (TPSA) is 78.9 Å². The van der Waals surface area contributed by atoms with Gasteiger partial charge in [0, 0.05) is 19.3 Å². The molecule has 0 aliphatic heterocycles. The van der Waals surface area contributed by atoms with Crippen molar-refractivity contribution in [1.29, 1.82) is 0 Å². The van der Waals surface area contributed by atoms with Crippen LogP contribution < -0.4 is 0 Å². The molecule has 0 spiro atoms. The summed E-state index contributed by atoms with van der Waals surface area (Å²) in [5.74, 6) is -0.883. The van der Waals surface area contributed by atoms with E-state index in [-0.39, 0.29) is 31.1 Å². The van der Waals surface area contributed by atoms with Crippen LogP contribution in [0.2, 0.25) is 0 Å². The van der Waals surface area contributed by atoms with Gasteiger partial charge < -0.3 is 14.2 Å². The Kier molecular flexibility index (Phi) is 34.0. The molecule has 6 heteroatoms. The molecule has 0 aromatic heterocycles. The maximum Gasteiger partial charge on any atom is 0.306 e. The summed E-state index contributed by atoms with van der Waals surface area (Å²) in [7, 11) is 0. The standard InChI is InChI=1S/C39H74O6/c1-4-7-10-13-15-16-17-18-19-20-21-22-24-26-29-32-38(41)44-35-36(34-43-37(40)31-28-25-12-9-6-3)45-39(42)33-30-27-23-14-11-8-5-2/h36H,4-35H2,1-3H3/t36-/m0/s1. The van der Waals surface area contributed by atoms with Crippen LogP contribution in [0.1, 0.15) is 213 Å². The Balaban J connectivity index is 4.15. The van der Waals surface area contributed by atoms with Crippen LogP contribution in [0.25, 0.3) is 0 Å². The van der Waals surface area contributed by atoms with Crippen LogP contribution in [0.3, 0.4) is 0 Å². The molecule has 0 fully saturated rings. The van der Waals surface area contributed by atoms with Crippen molar-refractivity contribution in [3.63, 3.8) is 0 Å². The van der Waals surface area contributed by atoms with E-state index in [1.54, 1.807) is 0 Å². The zero-order valence-corrected chi connectivity index (χ0v) is 30.2. The number of hydrogen-bond acceptors (Lipinski definition) is 6. The molecule has 1 atom stereocenters. The lowest BCUT2D eigenvalue weighted by Crippen LogP contribution is -2.30. The molecule has 0 unspecified atom stereocenters. The van der Waals surface area contributed by atoms with Gasteiger partial charge >= 0.3 is 17.9 Å². The van der Waals surface area contributed by atoms with E-state index >= 15 is 0 Å². The van der Waals surface area contributed by atoms with Gasteiger partial charge in [-0.25, -0.2) is 0 Å². The molecule has 45 heavy (non-hydrogen) atoms. The van der Waals surface area contributed by atoms with Gasteiger partial charge in [0.05, 0.1) is 0 Å². The zero-order chi connectivity index (χ0) is 33.1. The van der Waals surface area contributed by atoms with Gasteiger partial charge in [0.2, 0.25) is 0 Å². The average molecular weight is 639 g/mol. The Labute approximate surface area is 278 Å². The molecule has 0 aromatic rings. The fourth-order valence-electron chi connectivity index (χ4n) is 5.62. The van der Waals surface area contributed by atoms with Gasteiger partial charge in [-0.05, 0) is 19.3 Å². The second-order valence-corrected chi connectivity index (χ2v) is 13.2. The molecule has 0 saturated heterocycles. The van der Waals surface area contributed by atoms with E-state index in [2.05, 4.69) is 20.8 Å². The van der Waals surface area contributed by atoms with Crippen molar-refractivity contribution >= 4 is 17.9 Å². The monoisotopic (exact) mass is 639 g/mol. The number of ether oxygens (including phenoxy) is 3. The fourth-order valence-corrected chi connectivity index (χ4v) is 5.62. The first-order chi connectivity index (χ1) is 22.0. The highest BCUT2D eigenvalue weighted by atomic mass is 16.6. The number of carbonyl (C=O) groups is 3. The van der Waals surface area contributed by atoms with Crippen LogP contribution in [-0.2, 0) is 28.6 Å². The Morgan fingerprint density at radius 1 is 0.356 bits per heavy atom. The Bertz CT molecular complexity index is 664. The molecule has 266 valence electrons. The summed E-state index contributed by atoms with van der Waals surface area (Å²) in [5, 5.41) is 0. The predicted molar refractivity (Wildman–Crippen MR) is 187 cm³/mol. The van der Waals surface area contributed by atoms with E-state index in [0.717, 1.165) is 64.2 Å². The minimum absolute atomic E-state index is 0.0654. The maximum absolute atomic E-state index is 12.5. The van der Waals surface area contributed by atoms with E-state index in [1.807, 2.05) is 0 Å². The third-order valence-electron chi connectivity index (χ3n) is 8.61. The lowest BCUT2D eigenvalue weighted by Gasteiger charge is -2.18. The second-order valence-electron chi connectivity index (χ2n) is 13.2. The Morgan fingerprint density at radius 2 is 0.600 bits per heavy atom. The smallest absolute Gasteiger partial charge is 0.306 e. The van der Waals surface area contributed by atoms with Crippen molar-refractivity contribution in [3.8, 4) is 0 Å². The normalized spacial score (nSPS) is 11.8. The van der Waals surface area contributed by atoms with Crippen molar-refractivity contribution in [1.82, 2.24) is 0 Å².